The standard InChI is InChI=1S/C13H21N3OS/c1-4-6-11(7-5-2)15-12-10(9-17)8-14-13(16-12)18-3/h8-9,11H,4-7H2,1-3H3,(H,14,15,16). The average Bonchev–Trinajstić information content (AvgIpc) is 2.39. The highest BCUT2D eigenvalue weighted by Gasteiger charge is 2.11. The largest absolute Gasteiger partial charge is 0.367 e. The van der Waals surface area contributed by atoms with Crippen LogP contribution in [-0.2, 0) is 0 Å². The van der Waals surface area contributed by atoms with Crippen LogP contribution in [0.4, 0.5) is 5.82 Å². The van der Waals surface area contributed by atoms with E-state index in [1.54, 1.807) is 6.20 Å². The summed E-state index contributed by atoms with van der Waals surface area (Å²) in [7, 11) is 0. The third kappa shape index (κ3) is 4.29. The second kappa shape index (κ2) is 8.08. The molecule has 0 spiro atoms. The highest BCUT2D eigenvalue weighted by molar-refractivity contribution is 7.98. The predicted octanol–water partition coefficient (Wildman–Crippen LogP) is 3.39. The molecule has 0 saturated heterocycles. The molecule has 0 unspecified atom stereocenters. The van der Waals surface area contributed by atoms with Gasteiger partial charge in [-0.15, -0.1) is 0 Å². The van der Waals surface area contributed by atoms with E-state index in [1.165, 1.54) is 11.8 Å². The molecule has 0 aliphatic rings. The number of rotatable bonds is 8. The van der Waals surface area contributed by atoms with Crippen LogP contribution in [0.5, 0.6) is 0 Å². The van der Waals surface area contributed by atoms with E-state index < -0.39 is 0 Å². The van der Waals surface area contributed by atoms with Gasteiger partial charge in [-0.2, -0.15) is 0 Å². The smallest absolute Gasteiger partial charge is 0.189 e. The van der Waals surface area contributed by atoms with Gasteiger partial charge in [-0.05, 0) is 19.1 Å². The molecule has 0 atom stereocenters. The van der Waals surface area contributed by atoms with E-state index in [9.17, 15) is 4.79 Å². The molecular weight excluding hydrogens is 246 g/mol. The maximum atomic E-state index is 11.0. The van der Waals surface area contributed by atoms with Gasteiger partial charge in [0.1, 0.15) is 5.82 Å². The minimum absolute atomic E-state index is 0.378. The lowest BCUT2D eigenvalue weighted by Crippen LogP contribution is -2.21. The summed E-state index contributed by atoms with van der Waals surface area (Å²) in [5.74, 6) is 0.663. The van der Waals surface area contributed by atoms with Crippen LogP contribution in [0.2, 0.25) is 0 Å². The van der Waals surface area contributed by atoms with Gasteiger partial charge in [-0.1, -0.05) is 38.5 Å². The van der Waals surface area contributed by atoms with Gasteiger partial charge < -0.3 is 5.32 Å². The lowest BCUT2D eigenvalue weighted by atomic mass is 10.1. The van der Waals surface area contributed by atoms with Crippen LogP contribution < -0.4 is 5.32 Å². The predicted molar refractivity (Wildman–Crippen MR) is 76.4 cm³/mol. The van der Waals surface area contributed by atoms with Gasteiger partial charge in [-0.3, -0.25) is 4.79 Å². The van der Waals surface area contributed by atoms with E-state index >= 15 is 0 Å². The first-order chi connectivity index (χ1) is 8.74. The van der Waals surface area contributed by atoms with Gasteiger partial charge in [0, 0.05) is 12.2 Å². The molecule has 5 heteroatoms. The summed E-state index contributed by atoms with van der Waals surface area (Å²) < 4.78 is 0. The van der Waals surface area contributed by atoms with Crippen molar-refractivity contribution in [1.29, 1.82) is 0 Å². The van der Waals surface area contributed by atoms with Crippen molar-refractivity contribution in [3.63, 3.8) is 0 Å². The molecule has 1 heterocycles. The molecule has 0 radical (unpaired) electrons. The molecule has 100 valence electrons. The van der Waals surface area contributed by atoms with Crippen molar-refractivity contribution in [2.24, 2.45) is 0 Å². The van der Waals surface area contributed by atoms with Gasteiger partial charge in [-0.25, -0.2) is 9.97 Å². The van der Waals surface area contributed by atoms with Crippen molar-refractivity contribution >= 4 is 23.9 Å². The Morgan fingerprint density at radius 1 is 1.39 bits per heavy atom. The number of carbonyl (C=O) groups excluding carboxylic acids is 1. The van der Waals surface area contributed by atoms with Gasteiger partial charge in [0.25, 0.3) is 0 Å². The lowest BCUT2D eigenvalue weighted by Gasteiger charge is -2.19. The van der Waals surface area contributed by atoms with E-state index in [0.29, 0.717) is 22.6 Å². The summed E-state index contributed by atoms with van der Waals surface area (Å²) in [6.07, 6.45) is 8.73. The summed E-state index contributed by atoms with van der Waals surface area (Å²) in [6, 6.07) is 0.378. The Morgan fingerprint density at radius 3 is 2.56 bits per heavy atom. The first-order valence-electron chi connectivity index (χ1n) is 6.37. The fraction of sp³-hybridized carbons (Fsp3) is 0.615. The Labute approximate surface area is 113 Å². The zero-order valence-electron chi connectivity index (χ0n) is 11.3. The molecule has 0 aromatic carbocycles. The Hall–Kier alpha value is -1.10. The zero-order valence-corrected chi connectivity index (χ0v) is 12.1. The number of nitrogens with one attached hydrogen (secondary N) is 1. The van der Waals surface area contributed by atoms with Crippen LogP contribution in [-0.4, -0.2) is 28.6 Å². The monoisotopic (exact) mass is 267 g/mol. The molecule has 4 nitrogen and oxygen atoms in total. The molecule has 0 fully saturated rings. The highest BCUT2D eigenvalue weighted by Crippen LogP contribution is 2.18. The van der Waals surface area contributed by atoms with Crippen molar-refractivity contribution in [2.45, 2.75) is 50.7 Å². The summed E-state index contributed by atoms with van der Waals surface area (Å²) in [5, 5.41) is 4.07. The van der Waals surface area contributed by atoms with Crippen LogP contribution in [0.15, 0.2) is 11.4 Å². The minimum Gasteiger partial charge on any atom is -0.367 e. The highest BCUT2D eigenvalue weighted by atomic mass is 32.2. The minimum atomic E-state index is 0.378. The first kappa shape index (κ1) is 15.0. The normalized spacial score (nSPS) is 10.7. The Balaban J connectivity index is 2.87. The van der Waals surface area contributed by atoms with E-state index in [-0.39, 0.29) is 0 Å². The molecule has 0 aliphatic carbocycles. The molecule has 18 heavy (non-hydrogen) atoms. The molecule has 1 N–H and O–H groups in total. The van der Waals surface area contributed by atoms with Crippen LogP contribution >= 0.6 is 11.8 Å². The number of thioether (sulfide) groups is 1. The van der Waals surface area contributed by atoms with Crippen molar-refractivity contribution in [3.8, 4) is 0 Å². The van der Waals surface area contributed by atoms with Crippen molar-refractivity contribution in [2.75, 3.05) is 11.6 Å². The number of hydrogen-bond acceptors (Lipinski definition) is 5. The van der Waals surface area contributed by atoms with Crippen LogP contribution in [0, 0.1) is 0 Å². The topological polar surface area (TPSA) is 54.9 Å². The molecule has 0 saturated carbocycles. The molecule has 1 rings (SSSR count). The van der Waals surface area contributed by atoms with Crippen molar-refractivity contribution in [1.82, 2.24) is 9.97 Å². The van der Waals surface area contributed by atoms with E-state index in [1.807, 2.05) is 6.26 Å². The Morgan fingerprint density at radius 2 is 2.06 bits per heavy atom. The second-order valence-electron chi connectivity index (χ2n) is 4.20. The number of nitrogens with zero attached hydrogens (tertiary/aromatic N) is 2. The molecular formula is C13H21N3OS. The zero-order chi connectivity index (χ0) is 13.4. The number of aromatic nitrogens is 2. The van der Waals surface area contributed by atoms with E-state index in [0.717, 1.165) is 32.0 Å². The molecule has 0 aliphatic heterocycles. The average molecular weight is 267 g/mol. The molecule has 1 aromatic heterocycles. The summed E-state index contributed by atoms with van der Waals surface area (Å²) in [6.45, 7) is 4.33. The molecule has 1 aromatic rings. The lowest BCUT2D eigenvalue weighted by molar-refractivity contribution is 0.112. The molecule has 0 amide bonds. The fourth-order valence-electron chi connectivity index (χ4n) is 1.85. The number of anilines is 1. The number of aldehydes is 1. The van der Waals surface area contributed by atoms with E-state index in [2.05, 4.69) is 29.1 Å². The van der Waals surface area contributed by atoms with Gasteiger partial charge >= 0.3 is 0 Å². The summed E-state index contributed by atoms with van der Waals surface area (Å²) in [5.41, 5.74) is 0.532. The van der Waals surface area contributed by atoms with Gasteiger partial charge in [0.05, 0.1) is 5.56 Å². The van der Waals surface area contributed by atoms with Gasteiger partial charge in [0.15, 0.2) is 11.4 Å². The van der Waals surface area contributed by atoms with Crippen molar-refractivity contribution < 1.29 is 4.79 Å². The summed E-state index contributed by atoms with van der Waals surface area (Å²) in [4.78, 5) is 19.5. The SMILES string of the molecule is CCCC(CCC)Nc1nc(SC)ncc1C=O. The van der Waals surface area contributed by atoms with Crippen LogP contribution in [0.1, 0.15) is 49.9 Å². The van der Waals surface area contributed by atoms with Gasteiger partial charge in [0.2, 0.25) is 0 Å². The Bertz CT molecular complexity index is 378. The number of hydrogen-bond donors (Lipinski definition) is 1. The van der Waals surface area contributed by atoms with Crippen LogP contribution in [0.3, 0.4) is 0 Å². The maximum Gasteiger partial charge on any atom is 0.189 e. The molecule has 0 bridgehead atoms. The quantitative estimate of drug-likeness (QED) is 0.444. The fourth-order valence-corrected chi connectivity index (χ4v) is 2.19. The third-order valence-electron chi connectivity index (χ3n) is 2.72. The third-order valence-corrected chi connectivity index (χ3v) is 3.28. The maximum absolute atomic E-state index is 11.0. The second-order valence-corrected chi connectivity index (χ2v) is 4.97. The van der Waals surface area contributed by atoms with Crippen LogP contribution in [0.25, 0.3) is 0 Å². The summed E-state index contributed by atoms with van der Waals surface area (Å²) >= 11 is 1.48. The Kier molecular flexibility index (Phi) is 6.72. The number of carbonyl (C=O) groups is 1. The van der Waals surface area contributed by atoms with E-state index in [4.69, 9.17) is 0 Å². The first-order valence-corrected chi connectivity index (χ1v) is 7.60. The van der Waals surface area contributed by atoms with Crippen molar-refractivity contribution in [3.05, 3.63) is 11.8 Å².